The Morgan fingerprint density at radius 1 is 0.938 bits per heavy atom. The van der Waals surface area contributed by atoms with E-state index in [2.05, 4.69) is 20.4 Å². The molecule has 32 heavy (non-hydrogen) atoms. The monoisotopic (exact) mass is 441 g/mol. The second-order valence-corrected chi connectivity index (χ2v) is 7.78. The van der Waals surface area contributed by atoms with Crippen LogP contribution in [-0.2, 0) is 13.1 Å². The minimum absolute atomic E-state index is 0.459. The summed E-state index contributed by atoms with van der Waals surface area (Å²) in [6.07, 6.45) is 3.54. The van der Waals surface area contributed by atoms with Crippen LogP contribution >= 0.6 is 11.6 Å². The summed E-state index contributed by atoms with van der Waals surface area (Å²) in [5.41, 5.74) is 10.7. The highest BCUT2D eigenvalue weighted by Crippen LogP contribution is 2.33. The largest absolute Gasteiger partial charge is 0.383 e. The van der Waals surface area contributed by atoms with Gasteiger partial charge in [0.2, 0.25) is 5.95 Å². The lowest BCUT2D eigenvalue weighted by Crippen LogP contribution is -2.05. The third-order valence-corrected chi connectivity index (χ3v) is 5.32. The zero-order valence-corrected chi connectivity index (χ0v) is 17.9. The summed E-state index contributed by atoms with van der Waals surface area (Å²) in [5.74, 6) is 0.971. The highest BCUT2D eigenvalue weighted by Gasteiger charge is 2.19. The molecule has 0 aliphatic carbocycles. The first kappa shape index (κ1) is 20.0. The van der Waals surface area contributed by atoms with E-state index in [1.807, 2.05) is 66.7 Å². The van der Waals surface area contributed by atoms with E-state index in [-0.39, 0.29) is 0 Å². The van der Waals surface area contributed by atoms with Gasteiger partial charge in [-0.3, -0.25) is 4.98 Å². The maximum atomic E-state index is 6.54. The standard InChI is InChI=1S/C24H20ClN7/c25-19-10-4-9-18(12-19)21-20-22(26)32(15-16-6-2-1-3-7-16)31-23(20)30-24(29-21)28-14-17-8-5-11-27-13-17/h1-13H,14-15,26H2,(H,28,30,31). The Balaban J connectivity index is 1.60. The molecule has 0 fully saturated rings. The lowest BCUT2D eigenvalue weighted by molar-refractivity contribution is 0.703. The number of pyridine rings is 1. The third kappa shape index (κ3) is 4.10. The Bertz CT molecular complexity index is 1370. The van der Waals surface area contributed by atoms with Crippen molar-refractivity contribution in [2.75, 3.05) is 11.1 Å². The molecule has 0 bridgehead atoms. The van der Waals surface area contributed by atoms with E-state index in [4.69, 9.17) is 22.3 Å². The third-order valence-electron chi connectivity index (χ3n) is 5.09. The molecule has 0 saturated heterocycles. The number of fused-ring (bicyclic) bond motifs is 1. The molecule has 3 heterocycles. The summed E-state index contributed by atoms with van der Waals surface area (Å²) >= 11 is 6.26. The summed E-state index contributed by atoms with van der Waals surface area (Å²) in [6, 6.07) is 21.5. The van der Waals surface area contributed by atoms with Crippen LogP contribution in [0.5, 0.6) is 0 Å². The van der Waals surface area contributed by atoms with Crippen molar-refractivity contribution in [3.05, 3.63) is 95.3 Å². The Labute approximate surface area is 189 Å². The summed E-state index contributed by atoms with van der Waals surface area (Å²) in [7, 11) is 0. The summed E-state index contributed by atoms with van der Waals surface area (Å²) in [4.78, 5) is 13.6. The van der Waals surface area contributed by atoms with Crippen molar-refractivity contribution in [1.29, 1.82) is 0 Å². The minimum atomic E-state index is 0.459. The predicted octanol–water partition coefficient (Wildman–Crippen LogP) is 4.78. The number of nitrogens with one attached hydrogen (secondary N) is 1. The molecule has 3 aromatic heterocycles. The van der Waals surface area contributed by atoms with Gasteiger partial charge in [0.1, 0.15) is 5.82 Å². The minimum Gasteiger partial charge on any atom is -0.383 e. The van der Waals surface area contributed by atoms with Gasteiger partial charge in [-0.1, -0.05) is 60.1 Å². The van der Waals surface area contributed by atoms with Crippen molar-refractivity contribution in [2.24, 2.45) is 0 Å². The van der Waals surface area contributed by atoms with E-state index in [1.54, 1.807) is 17.1 Å². The van der Waals surface area contributed by atoms with Crippen LogP contribution in [0.2, 0.25) is 5.02 Å². The number of hydrogen-bond donors (Lipinski definition) is 2. The van der Waals surface area contributed by atoms with E-state index in [0.29, 0.717) is 46.6 Å². The van der Waals surface area contributed by atoms with Crippen LogP contribution in [0.15, 0.2) is 79.1 Å². The molecule has 2 aromatic carbocycles. The maximum absolute atomic E-state index is 6.54. The molecule has 8 heteroatoms. The predicted molar refractivity (Wildman–Crippen MR) is 127 cm³/mol. The van der Waals surface area contributed by atoms with E-state index in [9.17, 15) is 0 Å². The molecular weight excluding hydrogens is 422 g/mol. The zero-order valence-electron chi connectivity index (χ0n) is 17.1. The summed E-state index contributed by atoms with van der Waals surface area (Å²) < 4.78 is 1.76. The van der Waals surface area contributed by atoms with Crippen molar-refractivity contribution in [3.63, 3.8) is 0 Å². The van der Waals surface area contributed by atoms with Gasteiger partial charge in [-0.15, -0.1) is 5.10 Å². The first-order chi connectivity index (χ1) is 15.7. The molecule has 5 aromatic rings. The Kier molecular flexibility index (Phi) is 5.39. The molecule has 0 amide bonds. The number of nitrogens with two attached hydrogens (primary N) is 1. The number of hydrogen-bond acceptors (Lipinski definition) is 6. The van der Waals surface area contributed by atoms with E-state index < -0.39 is 0 Å². The molecule has 0 aliphatic heterocycles. The van der Waals surface area contributed by atoms with Crippen LogP contribution in [0.25, 0.3) is 22.3 Å². The van der Waals surface area contributed by atoms with Crippen molar-refractivity contribution >= 4 is 34.4 Å². The Morgan fingerprint density at radius 2 is 1.78 bits per heavy atom. The smallest absolute Gasteiger partial charge is 0.225 e. The topological polar surface area (TPSA) is 94.5 Å². The van der Waals surface area contributed by atoms with Crippen molar-refractivity contribution in [1.82, 2.24) is 24.7 Å². The Hall–Kier alpha value is -3.97. The molecule has 0 atom stereocenters. The fourth-order valence-electron chi connectivity index (χ4n) is 3.54. The number of halogens is 1. The van der Waals surface area contributed by atoms with E-state index >= 15 is 0 Å². The molecule has 0 aliphatic rings. The van der Waals surface area contributed by atoms with Crippen LogP contribution in [-0.4, -0.2) is 24.7 Å². The van der Waals surface area contributed by atoms with Crippen LogP contribution in [0.3, 0.4) is 0 Å². The number of rotatable bonds is 6. The molecule has 0 spiro atoms. The normalized spacial score (nSPS) is 11.0. The van der Waals surface area contributed by atoms with Crippen LogP contribution < -0.4 is 11.1 Å². The van der Waals surface area contributed by atoms with E-state index in [0.717, 1.165) is 16.7 Å². The van der Waals surface area contributed by atoms with Gasteiger partial charge in [0.05, 0.1) is 17.6 Å². The first-order valence-electron chi connectivity index (χ1n) is 10.1. The van der Waals surface area contributed by atoms with Gasteiger partial charge in [0, 0.05) is 29.5 Å². The van der Waals surface area contributed by atoms with Gasteiger partial charge in [0.25, 0.3) is 0 Å². The van der Waals surface area contributed by atoms with Crippen LogP contribution in [0.4, 0.5) is 11.8 Å². The van der Waals surface area contributed by atoms with Gasteiger partial charge in [-0.25, -0.2) is 9.67 Å². The van der Waals surface area contributed by atoms with Crippen LogP contribution in [0.1, 0.15) is 11.1 Å². The second kappa shape index (κ2) is 8.64. The SMILES string of the molecule is Nc1c2c(-c3cccc(Cl)c3)nc(NCc3cccnc3)nc2nn1Cc1ccccc1. The Morgan fingerprint density at radius 3 is 2.56 bits per heavy atom. The van der Waals surface area contributed by atoms with Crippen molar-refractivity contribution < 1.29 is 0 Å². The van der Waals surface area contributed by atoms with Crippen LogP contribution in [0, 0.1) is 0 Å². The molecule has 158 valence electrons. The van der Waals surface area contributed by atoms with Gasteiger partial charge >= 0.3 is 0 Å². The maximum Gasteiger partial charge on any atom is 0.225 e. The average molecular weight is 442 g/mol. The fourth-order valence-corrected chi connectivity index (χ4v) is 3.73. The number of benzene rings is 2. The van der Waals surface area contributed by atoms with Gasteiger partial charge in [-0.2, -0.15) is 4.98 Å². The molecule has 7 nitrogen and oxygen atoms in total. The molecule has 3 N–H and O–H groups in total. The fraction of sp³-hybridized carbons (Fsp3) is 0.0833. The molecule has 5 rings (SSSR count). The second-order valence-electron chi connectivity index (χ2n) is 7.35. The number of aromatic nitrogens is 5. The van der Waals surface area contributed by atoms with Crippen molar-refractivity contribution in [3.8, 4) is 11.3 Å². The van der Waals surface area contributed by atoms with E-state index in [1.165, 1.54) is 0 Å². The molecule has 0 saturated carbocycles. The van der Waals surface area contributed by atoms with Gasteiger partial charge < -0.3 is 11.1 Å². The van der Waals surface area contributed by atoms with Gasteiger partial charge in [0.15, 0.2) is 5.65 Å². The highest BCUT2D eigenvalue weighted by molar-refractivity contribution is 6.30. The summed E-state index contributed by atoms with van der Waals surface area (Å²) in [5, 5.41) is 9.28. The number of nitrogen functional groups attached to an aromatic ring is 1. The summed E-state index contributed by atoms with van der Waals surface area (Å²) in [6.45, 7) is 1.07. The quantitative estimate of drug-likeness (QED) is 0.393. The molecule has 0 unspecified atom stereocenters. The average Bonchev–Trinajstić information content (AvgIpc) is 3.13. The zero-order chi connectivity index (χ0) is 21.9. The highest BCUT2D eigenvalue weighted by atomic mass is 35.5. The number of nitrogens with zero attached hydrogens (tertiary/aromatic N) is 5. The lowest BCUT2D eigenvalue weighted by Gasteiger charge is -2.09. The van der Waals surface area contributed by atoms with Crippen molar-refractivity contribution in [2.45, 2.75) is 13.1 Å². The molecular formula is C24H20ClN7. The van der Waals surface area contributed by atoms with Gasteiger partial charge in [-0.05, 0) is 29.3 Å². The first-order valence-corrected chi connectivity index (χ1v) is 10.5. The number of anilines is 2. The lowest BCUT2D eigenvalue weighted by atomic mass is 10.1. The molecule has 0 radical (unpaired) electrons.